The Kier molecular flexibility index (Phi) is 3.78. The highest BCUT2D eigenvalue weighted by Crippen LogP contribution is 2.25. The molecule has 0 bridgehead atoms. The van der Waals surface area contributed by atoms with E-state index in [9.17, 15) is 5.11 Å². The van der Waals surface area contributed by atoms with Crippen molar-refractivity contribution in [2.45, 2.75) is 26.1 Å². The molecule has 1 aliphatic heterocycles. The van der Waals surface area contributed by atoms with Crippen molar-refractivity contribution >= 4 is 11.8 Å². The molecule has 1 aliphatic rings. The lowest BCUT2D eigenvalue weighted by atomic mass is 10.1. The maximum absolute atomic E-state index is 9.49. The molecule has 1 N–H and O–H groups in total. The van der Waals surface area contributed by atoms with E-state index in [1.54, 1.807) is 13.1 Å². The Balaban J connectivity index is 2.19. The Morgan fingerprint density at radius 1 is 1.62 bits per heavy atom. The summed E-state index contributed by atoms with van der Waals surface area (Å²) in [7, 11) is 0. The van der Waals surface area contributed by atoms with Gasteiger partial charge in [0.15, 0.2) is 5.82 Å². The first-order valence-corrected chi connectivity index (χ1v) is 6.55. The molecule has 2 heterocycles. The highest BCUT2D eigenvalue weighted by molar-refractivity contribution is 7.99. The van der Waals surface area contributed by atoms with Gasteiger partial charge in [-0.1, -0.05) is 0 Å². The number of rotatable bonds is 2. The highest BCUT2D eigenvalue weighted by atomic mass is 32.2. The Labute approximate surface area is 99.5 Å². The molecular formula is C11H16N2O2S. The molecule has 1 aromatic heterocycles. The van der Waals surface area contributed by atoms with Crippen LogP contribution in [0.4, 0.5) is 0 Å². The van der Waals surface area contributed by atoms with Gasteiger partial charge in [0.2, 0.25) is 0 Å². The molecule has 5 heteroatoms. The van der Waals surface area contributed by atoms with Gasteiger partial charge in [-0.05, 0) is 13.8 Å². The lowest BCUT2D eigenvalue weighted by molar-refractivity contribution is 0.0691. The molecule has 0 aromatic carbocycles. The summed E-state index contributed by atoms with van der Waals surface area (Å²) in [6.07, 6.45) is 1.18. The standard InChI is InChI=1S/C11H16N2O2S/c1-7-9(8(2)14)5-12-11(13-7)10-6-16-4-3-15-10/h5,8,10,14H,3-4,6H2,1-2H3/t8-,10?/m0/s1. The van der Waals surface area contributed by atoms with Gasteiger partial charge < -0.3 is 9.84 Å². The number of hydrogen-bond donors (Lipinski definition) is 1. The quantitative estimate of drug-likeness (QED) is 0.851. The third kappa shape index (κ3) is 2.53. The molecule has 0 spiro atoms. The summed E-state index contributed by atoms with van der Waals surface area (Å²) < 4.78 is 5.61. The normalized spacial score (nSPS) is 23.1. The lowest BCUT2D eigenvalue weighted by Crippen LogP contribution is -2.19. The largest absolute Gasteiger partial charge is 0.389 e. The zero-order valence-corrected chi connectivity index (χ0v) is 10.3. The van der Waals surface area contributed by atoms with Crippen LogP contribution in [-0.2, 0) is 4.74 Å². The van der Waals surface area contributed by atoms with Crippen LogP contribution >= 0.6 is 11.8 Å². The number of aliphatic hydroxyl groups excluding tert-OH is 1. The van der Waals surface area contributed by atoms with Crippen LogP contribution in [0.2, 0.25) is 0 Å². The summed E-state index contributed by atoms with van der Waals surface area (Å²) in [4.78, 5) is 8.68. The molecule has 1 saturated heterocycles. The Bertz CT molecular complexity index is 365. The van der Waals surface area contributed by atoms with Crippen molar-refractivity contribution in [3.8, 4) is 0 Å². The average molecular weight is 240 g/mol. The number of ether oxygens (including phenoxy) is 1. The topological polar surface area (TPSA) is 55.2 Å². The second-order valence-corrected chi connectivity index (χ2v) is 5.03. The lowest BCUT2D eigenvalue weighted by Gasteiger charge is -2.21. The van der Waals surface area contributed by atoms with Crippen LogP contribution in [0, 0.1) is 6.92 Å². The first kappa shape index (κ1) is 11.8. The molecule has 2 rings (SSSR count). The molecule has 4 nitrogen and oxygen atoms in total. The monoisotopic (exact) mass is 240 g/mol. The zero-order chi connectivity index (χ0) is 11.5. The minimum absolute atomic E-state index is 0.000462. The molecule has 0 aliphatic carbocycles. The summed E-state index contributed by atoms with van der Waals surface area (Å²) in [6, 6.07) is 0. The number of nitrogens with zero attached hydrogens (tertiary/aromatic N) is 2. The average Bonchev–Trinajstić information content (AvgIpc) is 2.29. The van der Waals surface area contributed by atoms with Gasteiger partial charge in [-0.15, -0.1) is 0 Å². The second-order valence-electron chi connectivity index (χ2n) is 3.88. The van der Waals surface area contributed by atoms with E-state index in [2.05, 4.69) is 9.97 Å². The third-order valence-corrected chi connectivity index (χ3v) is 3.58. The zero-order valence-electron chi connectivity index (χ0n) is 9.51. The fraction of sp³-hybridized carbons (Fsp3) is 0.636. The van der Waals surface area contributed by atoms with E-state index in [0.29, 0.717) is 0 Å². The van der Waals surface area contributed by atoms with E-state index in [-0.39, 0.29) is 6.10 Å². The molecule has 0 saturated carbocycles. The van der Waals surface area contributed by atoms with Crippen molar-refractivity contribution in [2.24, 2.45) is 0 Å². The third-order valence-electron chi connectivity index (χ3n) is 2.59. The van der Waals surface area contributed by atoms with Gasteiger partial charge in [0.1, 0.15) is 6.10 Å². The molecule has 0 radical (unpaired) electrons. The minimum atomic E-state index is -0.518. The van der Waals surface area contributed by atoms with Gasteiger partial charge in [-0.25, -0.2) is 9.97 Å². The van der Waals surface area contributed by atoms with E-state index in [0.717, 1.165) is 35.2 Å². The van der Waals surface area contributed by atoms with Crippen LogP contribution in [0.25, 0.3) is 0 Å². The van der Waals surface area contributed by atoms with Crippen molar-refractivity contribution < 1.29 is 9.84 Å². The summed E-state index contributed by atoms with van der Waals surface area (Å²) >= 11 is 1.86. The highest BCUT2D eigenvalue weighted by Gasteiger charge is 2.20. The van der Waals surface area contributed by atoms with E-state index in [1.807, 2.05) is 18.7 Å². The van der Waals surface area contributed by atoms with Crippen LogP contribution in [0.15, 0.2) is 6.20 Å². The molecule has 1 unspecified atom stereocenters. The molecule has 2 atom stereocenters. The molecule has 88 valence electrons. The van der Waals surface area contributed by atoms with Gasteiger partial charge in [0.05, 0.1) is 12.7 Å². The number of aliphatic hydroxyl groups is 1. The predicted molar refractivity (Wildman–Crippen MR) is 63.4 cm³/mol. The van der Waals surface area contributed by atoms with Crippen molar-refractivity contribution in [1.82, 2.24) is 9.97 Å². The minimum Gasteiger partial charge on any atom is -0.389 e. The fourth-order valence-electron chi connectivity index (χ4n) is 1.70. The summed E-state index contributed by atoms with van der Waals surface area (Å²) in [6.45, 7) is 4.37. The van der Waals surface area contributed by atoms with E-state index < -0.39 is 6.10 Å². The molecule has 0 amide bonds. The molecule has 16 heavy (non-hydrogen) atoms. The van der Waals surface area contributed by atoms with Gasteiger partial charge in [-0.2, -0.15) is 11.8 Å². The number of thioether (sulfide) groups is 1. The molecule has 1 fully saturated rings. The molecule has 1 aromatic rings. The van der Waals surface area contributed by atoms with Gasteiger partial charge in [0.25, 0.3) is 0 Å². The number of hydrogen-bond acceptors (Lipinski definition) is 5. The summed E-state index contributed by atoms with van der Waals surface area (Å²) in [5.41, 5.74) is 1.62. The van der Waals surface area contributed by atoms with E-state index >= 15 is 0 Å². The maximum Gasteiger partial charge on any atom is 0.158 e. The summed E-state index contributed by atoms with van der Waals surface area (Å²) in [5, 5.41) is 9.49. The number of aryl methyl sites for hydroxylation is 1. The van der Waals surface area contributed by atoms with Crippen molar-refractivity contribution in [2.75, 3.05) is 18.1 Å². The Morgan fingerprint density at radius 2 is 2.44 bits per heavy atom. The van der Waals surface area contributed by atoms with Crippen LogP contribution in [0.5, 0.6) is 0 Å². The van der Waals surface area contributed by atoms with Crippen LogP contribution in [0.3, 0.4) is 0 Å². The van der Waals surface area contributed by atoms with Crippen molar-refractivity contribution in [3.05, 3.63) is 23.3 Å². The Morgan fingerprint density at radius 3 is 3.00 bits per heavy atom. The number of aromatic nitrogens is 2. The van der Waals surface area contributed by atoms with Crippen molar-refractivity contribution in [3.63, 3.8) is 0 Å². The van der Waals surface area contributed by atoms with Crippen LogP contribution in [0.1, 0.15) is 36.2 Å². The van der Waals surface area contributed by atoms with Gasteiger partial charge in [0, 0.05) is 29.0 Å². The maximum atomic E-state index is 9.49. The van der Waals surface area contributed by atoms with E-state index in [4.69, 9.17) is 4.74 Å². The molecular weight excluding hydrogens is 224 g/mol. The Hall–Kier alpha value is -0.650. The summed E-state index contributed by atoms with van der Waals surface area (Å²) in [5.74, 6) is 2.68. The van der Waals surface area contributed by atoms with Crippen LogP contribution in [-0.4, -0.2) is 33.2 Å². The van der Waals surface area contributed by atoms with Gasteiger partial charge in [-0.3, -0.25) is 0 Å². The smallest absolute Gasteiger partial charge is 0.158 e. The van der Waals surface area contributed by atoms with Crippen LogP contribution < -0.4 is 0 Å². The van der Waals surface area contributed by atoms with Gasteiger partial charge >= 0.3 is 0 Å². The van der Waals surface area contributed by atoms with Crippen molar-refractivity contribution in [1.29, 1.82) is 0 Å². The fourth-order valence-corrected chi connectivity index (χ4v) is 2.54. The van der Waals surface area contributed by atoms with E-state index in [1.165, 1.54) is 0 Å². The SMILES string of the molecule is Cc1nc(C2CSCCO2)ncc1[C@H](C)O. The second kappa shape index (κ2) is 5.12. The first-order chi connectivity index (χ1) is 7.68. The first-order valence-electron chi connectivity index (χ1n) is 5.39. The predicted octanol–water partition coefficient (Wildman–Crippen LogP) is 1.64.